The fraction of sp³-hybridized carbons (Fsp3) is 0.391. The molecule has 6 heteroatoms. The van der Waals surface area contributed by atoms with Gasteiger partial charge >= 0.3 is 0 Å². The van der Waals surface area contributed by atoms with Gasteiger partial charge in [-0.25, -0.2) is 4.99 Å². The van der Waals surface area contributed by atoms with Crippen LogP contribution < -0.4 is 10.0 Å². The number of thiocarbonyl (C=S) groups is 1. The molecule has 2 aromatic carbocycles. The molecule has 0 amide bonds. The Morgan fingerprint density at radius 1 is 1.10 bits per heavy atom. The SMILES string of the molecule is CNS(=O)(CCC(C)C)(Cc1ccccc1)C1=NC(C)(c2ccccc2)C(=S)N1. The fourth-order valence-electron chi connectivity index (χ4n) is 3.60. The van der Waals surface area contributed by atoms with Gasteiger partial charge in [0.15, 0.2) is 5.17 Å². The molecule has 0 saturated heterocycles. The summed E-state index contributed by atoms with van der Waals surface area (Å²) < 4.78 is 18.2. The molecule has 1 atom stereocenters. The molecular formula is C23H31N3OS2. The maximum absolute atomic E-state index is 14.9. The summed E-state index contributed by atoms with van der Waals surface area (Å²) in [6.07, 6.45) is 0.828. The molecule has 1 unspecified atom stereocenters. The van der Waals surface area contributed by atoms with Crippen molar-refractivity contribution in [2.24, 2.45) is 10.9 Å². The van der Waals surface area contributed by atoms with Gasteiger partial charge in [-0.1, -0.05) is 86.7 Å². The molecule has 1 aliphatic rings. The standard InChI is InChI=1S/C23H31N3OS2/c1-18(2)15-16-29(27,24-4,17-19-11-7-5-8-12-19)22-25-21(28)23(3,26-22)20-13-9-6-10-14-20/h5-14,18H,15-17H2,1-4H3,(H,24,27)(H,25,26,28). The van der Waals surface area contributed by atoms with E-state index in [4.69, 9.17) is 17.2 Å². The second-order valence-electron chi connectivity index (χ2n) is 8.32. The van der Waals surface area contributed by atoms with Crippen LogP contribution in [0.5, 0.6) is 0 Å². The first-order valence-electron chi connectivity index (χ1n) is 10.0. The van der Waals surface area contributed by atoms with Crippen LogP contribution in [0.1, 0.15) is 38.3 Å². The van der Waals surface area contributed by atoms with Gasteiger partial charge in [0.1, 0.15) is 10.5 Å². The highest BCUT2D eigenvalue weighted by Gasteiger charge is 2.49. The van der Waals surface area contributed by atoms with E-state index >= 15 is 0 Å². The van der Waals surface area contributed by atoms with E-state index in [1.165, 1.54) is 0 Å². The van der Waals surface area contributed by atoms with Gasteiger partial charge in [0.25, 0.3) is 0 Å². The van der Waals surface area contributed by atoms with Crippen LogP contribution in [-0.2, 0) is 20.5 Å². The topological polar surface area (TPSA) is 53.5 Å². The summed E-state index contributed by atoms with van der Waals surface area (Å²) in [6.45, 7) is 6.29. The van der Waals surface area contributed by atoms with Gasteiger partial charge in [-0.15, -0.1) is 0 Å². The zero-order valence-electron chi connectivity index (χ0n) is 17.6. The van der Waals surface area contributed by atoms with E-state index in [0.717, 1.165) is 17.5 Å². The van der Waals surface area contributed by atoms with Crippen LogP contribution in [0.4, 0.5) is 0 Å². The van der Waals surface area contributed by atoms with Crippen molar-refractivity contribution in [3.63, 3.8) is 0 Å². The van der Waals surface area contributed by atoms with Gasteiger partial charge in [0.05, 0.1) is 0 Å². The van der Waals surface area contributed by atoms with Crippen molar-refractivity contribution in [3.8, 4) is 0 Å². The minimum absolute atomic E-state index is 0.389. The highest BCUT2D eigenvalue weighted by atomic mass is 32.3. The van der Waals surface area contributed by atoms with Crippen molar-refractivity contribution in [2.75, 3.05) is 12.8 Å². The summed E-state index contributed by atoms with van der Waals surface area (Å²) in [5.74, 6) is 1.33. The smallest absolute Gasteiger partial charge is 0.184 e. The van der Waals surface area contributed by atoms with E-state index in [1.807, 2.05) is 67.6 Å². The molecule has 0 saturated carbocycles. The normalized spacial score (nSPS) is 20.8. The lowest BCUT2D eigenvalue weighted by molar-refractivity contribution is 0.605. The van der Waals surface area contributed by atoms with E-state index < -0.39 is 14.8 Å². The Hall–Kier alpha value is -1.89. The average molecular weight is 430 g/mol. The molecule has 0 spiro atoms. The van der Waals surface area contributed by atoms with E-state index in [-0.39, 0.29) is 0 Å². The molecule has 0 aliphatic carbocycles. The van der Waals surface area contributed by atoms with Crippen LogP contribution in [-0.4, -0.2) is 27.2 Å². The Morgan fingerprint density at radius 2 is 1.69 bits per heavy atom. The Bertz CT molecular complexity index is 972. The molecule has 1 aliphatic heterocycles. The van der Waals surface area contributed by atoms with Gasteiger partial charge in [-0.05, 0) is 37.4 Å². The van der Waals surface area contributed by atoms with Crippen molar-refractivity contribution in [1.29, 1.82) is 0 Å². The van der Waals surface area contributed by atoms with Crippen molar-refractivity contribution >= 4 is 31.6 Å². The molecule has 0 bridgehead atoms. The van der Waals surface area contributed by atoms with E-state index in [2.05, 4.69) is 23.9 Å². The van der Waals surface area contributed by atoms with E-state index in [9.17, 15) is 4.21 Å². The minimum Gasteiger partial charge on any atom is -0.325 e. The van der Waals surface area contributed by atoms with Gasteiger partial charge in [0.2, 0.25) is 0 Å². The first kappa shape index (κ1) is 21.8. The molecule has 0 radical (unpaired) electrons. The van der Waals surface area contributed by atoms with Crippen LogP contribution in [0.2, 0.25) is 0 Å². The van der Waals surface area contributed by atoms with Gasteiger partial charge in [-0.2, -0.15) is 0 Å². The van der Waals surface area contributed by atoms with Crippen LogP contribution in [0, 0.1) is 5.92 Å². The summed E-state index contributed by atoms with van der Waals surface area (Å²) in [7, 11) is -1.76. The Kier molecular flexibility index (Phi) is 6.08. The van der Waals surface area contributed by atoms with Crippen molar-refractivity contribution in [1.82, 2.24) is 10.0 Å². The molecule has 3 rings (SSSR count). The van der Waals surface area contributed by atoms with Crippen molar-refractivity contribution in [3.05, 3.63) is 71.8 Å². The highest BCUT2D eigenvalue weighted by Crippen LogP contribution is 2.38. The lowest BCUT2D eigenvalue weighted by Crippen LogP contribution is -2.60. The summed E-state index contributed by atoms with van der Waals surface area (Å²) in [5.41, 5.74) is 1.29. The first-order valence-corrected chi connectivity index (χ1v) is 12.8. The molecule has 0 fully saturated rings. The van der Waals surface area contributed by atoms with Crippen LogP contribution in [0.25, 0.3) is 0 Å². The van der Waals surface area contributed by atoms with Gasteiger partial charge < -0.3 is 5.32 Å². The third-order valence-corrected chi connectivity index (χ3v) is 10.3. The molecular weight excluding hydrogens is 398 g/mol. The Labute approximate surface area is 179 Å². The zero-order valence-corrected chi connectivity index (χ0v) is 19.3. The maximum atomic E-state index is 14.9. The third-order valence-electron chi connectivity index (χ3n) is 5.69. The van der Waals surface area contributed by atoms with Crippen molar-refractivity contribution in [2.45, 2.75) is 38.5 Å². The Morgan fingerprint density at radius 3 is 2.24 bits per heavy atom. The molecule has 2 N–H and O–H groups in total. The number of hydrogen-bond donors (Lipinski definition) is 2. The number of nitrogens with one attached hydrogen (secondary N) is 2. The number of benzene rings is 2. The number of hydrogen-bond acceptors (Lipinski definition) is 3. The third kappa shape index (κ3) is 4.20. The average Bonchev–Trinajstić information content (AvgIpc) is 3.05. The monoisotopic (exact) mass is 429 g/mol. The lowest BCUT2D eigenvalue weighted by Gasteiger charge is -2.42. The quantitative estimate of drug-likeness (QED) is 0.642. The first-order chi connectivity index (χ1) is 13.7. The van der Waals surface area contributed by atoms with Crippen molar-refractivity contribution < 1.29 is 4.21 Å². The van der Waals surface area contributed by atoms with Gasteiger partial charge in [-0.3, -0.25) is 8.93 Å². The van der Waals surface area contributed by atoms with E-state index in [1.54, 1.807) is 7.05 Å². The number of rotatable bonds is 7. The zero-order chi connectivity index (χ0) is 21.1. The number of amidine groups is 1. The van der Waals surface area contributed by atoms with Gasteiger partial charge in [0, 0.05) is 20.8 Å². The molecule has 156 valence electrons. The molecule has 0 aromatic heterocycles. The summed E-state index contributed by atoms with van der Waals surface area (Å²) in [4.78, 5) is 5.59. The molecule has 2 aromatic rings. The molecule has 4 nitrogen and oxygen atoms in total. The van der Waals surface area contributed by atoms with Crippen LogP contribution >= 0.6 is 12.2 Å². The number of nitrogens with zero attached hydrogens (tertiary/aromatic N) is 1. The van der Waals surface area contributed by atoms with Crippen LogP contribution in [0.15, 0.2) is 65.7 Å². The second kappa shape index (κ2) is 8.09. The summed E-state index contributed by atoms with van der Waals surface area (Å²) in [5, 5.41) is 3.76. The summed E-state index contributed by atoms with van der Waals surface area (Å²) >= 11 is 5.70. The predicted molar refractivity (Wildman–Crippen MR) is 129 cm³/mol. The molecule has 29 heavy (non-hydrogen) atoms. The van der Waals surface area contributed by atoms with Crippen LogP contribution in [0.3, 0.4) is 0 Å². The molecule has 1 heterocycles. The highest BCUT2D eigenvalue weighted by molar-refractivity contribution is 8.30. The fourth-order valence-corrected chi connectivity index (χ4v) is 7.55. The number of aliphatic imine (C=N–C) groups is 1. The maximum Gasteiger partial charge on any atom is 0.184 e. The Balaban J connectivity index is 2.12. The van der Waals surface area contributed by atoms with E-state index in [0.29, 0.717) is 27.6 Å². The predicted octanol–water partition coefficient (Wildman–Crippen LogP) is 4.39. The second-order valence-corrected chi connectivity index (χ2v) is 12.8. The lowest BCUT2D eigenvalue weighted by atomic mass is 9.93. The summed E-state index contributed by atoms with van der Waals surface area (Å²) in [6, 6.07) is 19.9. The minimum atomic E-state index is -3.54. The largest absolute Gasteiger partial charge is 0.325 e.